The lowest BCUT2D eigenvalue weighted by molar-refractivity contribution is -0.138. The van der Waals surface area contributed by atoms with E-state index in [-0.39, 0.29) is 36.0 Å². The Morgan fingerprint density at radius 1 is 1.00 bits per heavy atom. The van der Waals surface area contributed by atoms with Crippen molar-refractivity contribution in [3.63, 3.8) is 0 Å². The van der Waals surface area contributed by atoms with Gasteiger partial charge < -0.3 is 15.1 Å². The van der Waals surface area contributed by atoms with E-state index < -0.39 is 6.04 Å². The largest absolute Gasteiger partial charge is 0.352 e. The monoisotopic (exact) mass is 451 g/mol. The Kier molecular flexibility index (Phi) is 7.06. The highest BCUT2D eigenvalue weighted by atomic mass is 19.1. The van der Waals surface area contributed by atoms with E-state index in [1.54, 1.807) is 34.9 Å². The van der Waals surface area contributed by atoms with Gasteiger partial charge in [0.2, 0.25) is 11.8 Å². The van der Waals surface area contributed by atoms with Crippen LogP contribution in [0.5, 0.6) is 0 Å². The Morgan fingerprint density at radius 2 is 1.73 bits per heavy atom. The van der Waals surface area contributed by atoms with Gasteiger partial charge in [-0.1, -0.05) is 30.3 Å². The first kappa shape index (κ1) is 23.0. The molecule has 33 heavy (non-hydrogen) atoms. The fourth-order valence-corrected chi connectivity index (χ4v) is 4.67. The lowest BCUT2D eigenvalue weighted by atomic mass is 9.95. The number of nitrogens with one attached hydrogen (secondary N) is 1. The maximum absolute atomic E-state index is 13.7. The highest BCUT2D eigenvalue weighted by Crippen LogP contribution is 2.25. The molecule has 0 aromatic heterocycles. The van der Waals surface area contributed by atoms with Crippen LogP contribution in [0.3, 0.4) is 0 Å². The van der Waals surface area contributed by atoms with Crippen LogP contribution in [-0.4, -0.2) is 53.2 Å². The van der Waals surface area contributed by atoms with Crippen LogP contribution >= 0.6 is 0 Å². The summed E-state index contributed by atoms with van der Waals surface area (Å²) in [7, 11) is 0. The van der Waals surface area contributed by atoms with Crippen molar-refractivity contribution in [1.82, 2.24) is 15.1 Å². The lowest BCUT2D eigenvalue weighted by Gasteiger charge is -2.35. The van der Waals surface area contributed by atoms with E-state index in [4.69, 9.17) is 0 Å². The molecule has 2 aliphatic heterocycles. The molecule has 0 spiro atoms. The molecule has 2 aromatic rings. The van der Waals surface area contributed by atoms with Crippen molar-refractivity contribution < 1.29 is 18.8 Å². The van der Waals surface area contributed by atoms with Gasteiger partial charge in [-0.2, -0.15) is 0 Å². The van der Waals surface area contributed by atoms with Crippen LogP contribution < -0.4 is 5.32 Å². The maximum atomic E-state index is 13.7. The van der Waals surface area contributed by atoms with E-state index in [0.29, 0.717) is 50.0 Å². The topological polar surface area (TPSA) is 69.7 Å². The van der Waals surface area contributed by atoms with E-state index in [1.165, 1.54) is 6.07 Å². The number of benzene rings is 2. The van der Waals surface area contributed by atoms with Crippen LogP contribution in [0.25, 0.3) is 0 Å². The van der Waals surface area contributed by atoms with Crippen molar-refractivity contribution >= 4 is 17.7 Å². The average molecular weight is 452 g/mol. The van der Waals surface area contributed by atoms with Crippen LogP contribution in [0.4, 0.5) is 4.39 Å². The zero-order valence-corrected chi connectivity index (χ0v) is 18.9. The molecule has 174 valence electrons. The molecule has 2 aromatic carbocycles. The number of amides is 3. The standard InChI is InChI=1S/C26H30FN3O3/c1-18-9-10-19(16-22(18)27)17-28-24(31)20-11-14-29(15-12-20)26(33)23-8-5-13-30(23)25(32)21-6-3-2-4-7-21/h2-4,6-7,9-10,16,20,23H,5,8,11-15,17H2,1H3,(H,28,31). The first-order valence-corrected chi connectivity index (χ1v) is 11.6. The van der Waals surface area contributed by atoms with E-state index >= 15 is 0 Å². The molecule has 1 atom stereocenters. The molecule has 2 aliphatic rings. The molecular weight excluding hydrogens is 421 g/mol. The van der Waals surface area contributed by atoms with Gasteiger partial charge >= 0.3 is 0 Å². The molecular formula is C26H30FN3O3. The van der Waals surface area contributed by atoms with Crippen molar-refractivity contribution in [2.75, 3.05) is 19.6 Å². The summed E-state index contributed by atoms with van der Waals surface area (Å²) in [5.74, 6) is -0.640. The number of carbonyl (C=O) groups is 3. The summed E-state index contributed by atoms with van der Waals surface area (Å²) in [5.41, 5.74) is 1.90. The fourth-order valence-electron chi connectivity index (χ4n) is 4.67. The van der Waals surface area contributed by atoms with Crippen LogP contribution in [0.2, 0.25) is 0 Å². The van der Waals surface area contributed by atoms with Crippen molar-refractivity contribution in [3.05, 3.63) is 71.0 Å². The number of halogens is 1. The predicted molar refractivity (Wildman–Crippen MR) is 123 cm³/mol. The number of hydrogen-bond acceptors (Lipinski definition) is 3. The first-order valence-electron chi connectivity index (χ1n) is 11.6. The summed E-state index contributed by atoms with van der Waals surface area (Å²) in [6, 6.07) is 13.6. The van der Waals surface area contributed by atoms with E-state index in [2.05, 4.69) is 5.32 Å². The van der Waals surface area contributed by atoms with Gasteiger partial charge in [-0.15, -0.1) is 0 Å². The summed E-state index contributed by atoms with van der Waals surface area (Å²) in [6.45, 7) is 3.57. The summed E-state index contributed by atoms with van der Waals surface area (Å²) in [5, 5.41) is 2.89. The Bertz CT molecular complexity index is 1020. The number of rotatable bonds is 5. The number of likely N-dealkylation sites (tertiary alicyclic amines) is 2. The van der Waals surface area contributed by atoms with Crippen molar-refractivity contribution in [1.29, 1.82) is 0 Å². The molecule has 0 radical (unpaired) electrons. The van der Waals surface area contributed by atoms with Gasteiger partial charge in [0, 0.05) is 37.7 Å². The van der Waals surface area contributed by atoms with Crippen LogP contribution in [0, 0.1) is 18.7 Å². The minimum Gasteiger partial charge on any atom is -0.352 e. The molecule has 0 bridgehead atoms. The van der Waals surface area contributed by atoms with Crippen LogP contribution in [0.1, 0.15) is 47.2 Å². The normalized spacial score (nSPS) is 18.9. The van der Waals surface area contributed by atoms with E-state index in [1.807, 2.05) is 24.3 Å². The third-order valence-electron chi connectivity index (χ3n) is 6.70. The molecule has 0 saturated carbocycles. The Balaban J connectivity index is 1.29. The SMILES string of the molecule is Cc1ccc(CNC(=O)C2CCN(C(=O)C3CCCN3C(=O)c3ccccc3)CC2)cc1F. The van der Waals surface area contributed by atoms with Crippen LogP contribution in [-0.2, 0) is 16.1 Å². The second kappa shape index (κ2) is 10.1. The Hall–Kier alpha value is -3.22. The quantitative estimate of drug-likeness (QED) is 0.759. The molecule has 4 rings (SSSR count). The third-order valence-corrected chi connectivity index (χ3v) is 6.70. The highest BCUT2D eigenvalue weighted by Gasteiger charge is 2.38. The van der Waals surface area contributed by atoms with Gasteiger partial charge in [-0.25, -0.2) is 4.39 Å². The van der Waals surface area contributed by atoms with Crippen LogP contribution in [0.15, 0.2) is 48.5 Å². The van der Waals surface area contributed by atoms with Crippen molar-refractivity contribution in [2.45, 2.75) is 45.2 Å². The van der Waals surface area contributed by atoms with Gasteiger partial charge in [0.1, 0.15) is 11.9 Å². The van der Waals surface area contributed by atoms with E-state index in [9.17, 15) is 18.8 Å². The molecule has 2 heterocycles. The maximum Gasteiger partial charge on any atom is 0.254 e. The summed E-state index contributed by atoms with van der Waals surface area (Å²) in [4.78, 5) is 42.2. The van der Waals surface area contributed by atoms with E-state index in [0.717, 1.165) is 12.0 Å². The van der Waals surface area contributed by atoms with Gasteiger partial charge in [0.25, 0.3) is 5.91 Å². The molecule has 6 nitrogen and oxygen atoms in total. The average Bonchev–Trinajstić information content (AvgIpc) is 3.34. The summed E-state index contributed by atoms with van der Waals surface area (Å²) >= 11 is 0. The van der Waals surface area contributed by atoms with Crippen molar-refractivity contribution in [3.8, 4) is 0 Å². The Labute approximate surface area is 193 Å². The minimum atomic E-state index is -0.431. The number of carbonyl (C=O) groups excluding carboxylic acids is 3. The fraction of sp³-hybridized carbons (Fsp3) is 0.423. The first-order chi connectivity index (χ1) is 15.9. The zero-order chi connectivity index (χ0) is 23.4. The molecule has 1 unspecified atom stereocenters. The third kappa shape index (κ3) is 5.24. The number of nitrogens with zero attached hydrogens (tertiary/aromatic N) is 2. The smallest absolute Gasteiger partial charge is 0.254 e. The predicted octanol–water partition coefficient (Wildman–Crippen LogP) is 3.29. The molecule has 2 fully saturated rings. The highest BCUT2D eigenvalue weighted by molar-refractivity contribution is 5.98. The second-order valence-electron chi connectivity index (χ2n) is 8.92. The lowest BCUT2D eigenvalue weighted by Crippen LogP contribution is -2.51. The summed E-state index contributed by atoms with van der Waals surface area (Å²) < 4.78 is 13.7. The van der Waals surface area contributed by atoms with Gasteiger partial charge in [0.05, 0.1) is 0 Å². The summed E-state index contributed by atoms with van der Waals surface area (Å²) in [6.07, 6.45) is 2.65. The van der Waals surface area contributed by atoms with Gasteiger partial charge in [0.15, 0.2) is 0 Å². The second-order valence-corrected chi connectivity index (χ2v) is 8.92. The Morgan fingerprint density at radius 3 is 2.42 bits per heavy atom. The van der Waals surface area contributed by atoms with Gasteiger partial charge in [-0.3, -0.25) is 14.4 Å². The minimum absolute atomic E-state index is 0.0224. The number of aryl methyl sites for hydroxylation is 1. The molecule has 1 N–H and O–H groups in total. The molecule has 3 amide bonds. The van der Waals surface area contributed by atoms with Gasteiger partial charge in [-0.05, 0) is 61.9 Å². The number of hydrogen-bond donors (Lipinski definition) is 1. The van der Waals surface area contributed by atoms with Crippen molar-refractivity contribution in [2.24, 2.45) is 5.92 Å². The zero-order valence-electron chi connectivity index (χ0n) is 18.9. The molecule has 0 aliphatic carbocycles. The molecule has 7 heteroatoms. The molecule has 2 saturated heterocycles. The number of piperidine rings is 1.